The Morgan fingerprint density at radius 2 is 1.72 bits per heavy atom. The first kappa shape index (κ1) is 13.6. The maximum atomic E-state index is 6.27. The minimum absolute atomic E-state index is 0.170. The van der Waals surface area contributed by atoms with Gasteiger partial charge < -0.3 is 5.73 Å². The van der Waals surface area contributed by atoms with Gasteiger partial charge in [0.05, 0.1) is 0 Å². The highest BCUT2D eigenvalue weighted by Gasteiger charge is 2.33. The molecule has 0 aromatic heterocycles. The molecule has 4 unspecified atom stereocenters. The van der Waals surface area contributed by atoms with Crippen LogP contribution in [-0.4, -0.2) is 24.0 Å². The lowest BCUT2D eigenvalue weighted by atomic mass is 9.95. The molecule has 0 amide bonds. The van der Waals surface area contributed by atoms with Crippen LogP contribution in [0, 0.1) is 18.8 Å². The summed E-state index contributed by atoms with van der Waals surface area (Å²) in [6, 6.07) is 9.18. The molecule has 1 saturated heterocycles. The van der Waals surface area contributed by atoms with Gasteiger partial charge in [0, 0.05) is 25.2 Å². The van der Waals surface area contributed by atoms with Crippen LogP contribution in [0.1, 0.15) is 37.9 Å². The molecule has 1 aromatic rings. The smallest absolute Gasteiger partial charge is 0.0499 e. The maximum absolute atomic E-state index is 6.27. The average molecular weight is 246 g/mol. The first-order valence-electron chi connectivity index (χ1n) is 7.06. The summed E-state index contributed by atoms with van der Waals surface area (Å²) in [4.78, 5) is 2.57. The lowest BCUT2D eigenvalue weighted by Gasteiger charge is -2.32. The van der Waals surface area contributed by atoms with Gasteiger partial charge in [-0.2, -0.15) is 0 Å². The second-order valence-corrected chi connectivity index (χ2v) is 6.07. The zero-order chi connectivity index (χ0) is 13.3. The zero-order valence-electron chi connectivity index (χ0n) is 12.1. The maximum Gasteiger partial charge on any atom is 0.0499 e. The highest BCUT2D eigenvalue weighted by Crippen LogP contribution is 2.33. The number of nitrogens with two attached hydrogens (primary N) is 1. The number of likely N-dealkylation sites (tertiary alicyclic amines) is 1. The molecule has 0 spiro atoms. The van der Waals surface area contributed by atoms with E-state index >= 15 is 0 Å². The summed E-state index contributed by atoms with van der Waals surface area (Å²) in [5.74, 6) is 1.55. The summed E-state index contributed by atoms with van der Waals surface area (Å²) < 4.78 is 0. The Balaban J connectivity index is 2.27. The van der Waals surface area contributed by atoms with Gasteiger partial charge in [-0.25, -0.2) is 0 Å². The second kappa shape index (κ2) is 5.41. The topological polar surface area (TPSA) is 29.3 Å². The van der Waals surface area contributed by atoms with Crippen LogP contribution in [-0.2, 0) is 0 Å². The minimum atomic E-state index is 0.170. The van der Waals surface area contributed by atoms with Crippen LogP contribution in [0.2, 0.25) is 0 Å². The van der Waals surface area contributed by atoms with E-state index in [9.17, 15) is 0 Å². The van der Waals surface area contributed by atoms with E-state index in [0.29, 0.717) is 6.04 Å². The van der Waals surface area contributed by atoms with E-state index in [-0.39, 0.29) is 6.04 Å². The van der Waals surface area contributed by atoms with Gasteiger partial charge in [-0.3, -0.25) is 4.90 Å². The lowest BCUT2D eigenvalue weighted by molar-refractivity contribution is 0.209. The first-order chi connectivity index (χ1) is 8.50. The molecule has 18 heavy (non-hydrogen) atoms. The molecule has 1 aromatic carbocycles. The molecule has 4 atom stereocenters. The van der Waals surface area contributed by atoms with E-state index in [2.05, 4.69) is 56.9 Å². The largest absolute Gasteiger partial charge is 0.326 e. The normalized spacial score (nSPS) is 28.3. The van der Waals surface area contributed by atoms with Crippen molar-refractivity contribution in [2.24, 2.45) is 17.6 Å². The standard InChI is InChI=1S/C16H26N2/c1-11-7-5-6-8-15(11)16(14(4)17)18-9-12(2)13(3)10-18/h5-8,12-14,16H,9-10,17H2,1-4H3. The summed E-state index contributed by atoms with van der Waals surface area (Å²) in [6.07, 6.45) is 0. The molecule has 2 heteroatoms. The second-order valence-electron chi connectivity index (χ2n) is 6.07. The highest BCUT2D eigenvalue weighted by atomic mass is 15.2. The third-order valence-electron chi connectivity index (χ3n) is 4.41. The number of rotatable bonds is 3. The molecule has 0 bridgehead atoms. The van der Waals surface area contributed by atoms with Crippen molar-refractivity contribution >= 4 is 0 Å². The van der Waals surface area contributed by atoms with Crippen LogP contribution in [0.3, 0.4) is 0 Å². The number of hydrogen-bond acceptors (Lipinski definition) is 2. The molecule has 1 aliphatic heterocycles. The molecule has 2 nitrogen and oxygen atoms in total. The van der Waals surface area contributed by atoms with E-state index in [1.54, 1.807) is 0 Å². The molecular weight excluding hydrogens is 220 g/mol. The van der Waals surface area contributed by atoms with Crippen LogP contribution in [0.15, 0.2) is 24.3 Å². The van der Waals surface area contributed by atoms with E-state index in [0.717, 1.165) is 11.8 Å². The van der Waals surface area contributed by atoms with E-state index < -0.39 is 0 Å². The Labute approximate surface area is 111 Å². The van der Waals surface area contributed by atoms with Crippen molar-refractivity contribution < 1.29 is 0 Å². The number of nitrogens with zero attached hydrogens (tertiary/aromatic N) is 1. The minimum Gasteiger partial charge on any atom is -0.326 e. The van der Waals surface area contributed by atoms with Crippen LogP contribution in [0.25, 0.3) is 0 Å². The van der Waals surface area contributed by atoms with Crippen molar-refractivity contribution in [3.05, 3.63) is 35.4 Å². The van der Waals surface area contributed by atoms with Gasteiger partial charge in [-0.1, -0.05) is 38.1 Å². The zero-order valence-corrected chi connectivity index (χ0v) is 12.1. The predicted molar refractivity (Wildman–Crippen MR) is 77.5 cm³/mol. The Morgan fingerprint density at radius 1 is 1.17 bits per heavy atom. The summed E-state index contributed by atoms with van der Waals surface area (Å²) in [5, 5.41) is 0. The number of hydrogen-bond donors (Lipinski definition) is 1. The summed E-state index contributed by atoms with van der Waals surface area (Å²) in [5.41, 5.74) is 9.02. The summed E-state index contributed by atoms with van der Waals surface area (Å²) in [6.45, 7) is 11.4. The quantitative estimate of drug-likeness (QED) is 0.888. The van der Waals surface area contributed by atoms with Crippen LogP contribution in [0.5, 0.6) is 0 Å². The van der Waals surface area contributed by atoms with Gasteiger partial charge in [-0.15, -0.1) is 0 Å². The van der Waals surface area contributed by atoms with Gasteiger partial charge in [0.25, 0.3) is 0 Å². The summed E-state index contributed by atoms with van der Waals surface area (Å²) >= 11 is 0. The van der Waals surface area contributed by atoms with Crippen molar-refractivity contribution in [2.75, 3.05) is 13.1 Å². The lowest BCUT2D eigenvalue weighted by Crippen LogP contribution is -2.38. The molecule has 2 N–H and O–H groups in total. The molecule has 1 aliphatic rings. The van der Waals surface area contributed by atoms with Crippen molar-refractivity contribution in [3.63, 3.8) is 0 Å². The Bertz CT molecular complexity index is 390. The van der Waals surface area contributed by atoms with Crippen LogP contribution in [0.4, 0.5) is 0 Å². The van der Waals surface area contributed by atoms with Crippen LogP contribution < -0.4 is 5.73 Å². The van der Waals surface area contributed by atoms with Gasteiger partial charge in [-0.05, 0) is 36.8 Å². The third kappa shape index (κ3) is 2.60. The Kier molecular flexibility index (Phi) is 4.08. The fourth-order valence-corrected chi connectivity index (χ4v) is 3.13. The SMILES string of the molecule is Cc1ccccc1C(C(C)N)N1CC(C)C(C)C1. The molecule has 100 valence electrons. The summed E-state index contributed by atoms with van der Waals surface area (Å²) in [7, 11) is 0. The monoisotopic (exact) mass is 246 g/mol. The van der Waals surface area contributed by atoms with Crippen molar-refractivity contribution in [2.45, 2.75) is 39.8 Å². The predicted octanol–water partition coefficient (Wildman–Crippen LogP) is 2.97. The molecule has 0 aliphatic carbocycles. The molecular formula is C16H26N2. The molecule has 0 saturated carbocycles. The van der Waals surface area contributed by atoms with Crippen molar-refractivity contribution in [3.8, 4) is 0 Å². The fourth-order valence-electron chi connectivity index (χ4n) is 3.13. The van der Waals surface area contributed by atoms with Gasteiger partial charge in [0.15, 0.2) is 0 Å². The van der Waals surface area contributed by atoms with E-state index in [1.807, 2.05) is 0 Å². The average Bonchev–Trinajstić information content (AvgIpc) is 2.61. The molecule has 1 fully saturated rings. The van der Waals surface area contributed by atoms with Crippen LogP contribution >= 0.6 is 0 Å². The Hall–Kier alpha value is -0.860. The highest BCUT2D eigenvalue weighted by molar-refractivity contribution is 5.30. The molecule has 0 radical (unpaired) electrons. The fraction of sp³-hybridized carbons (Fsp3) is 0.625. The Morgan fingerprint density at radius 3 is 2.22 bits per heavy atom. The van der Waals surface area contributed by atoms with Crippen molar-refractivity contribution in [1.82, 2.24) is 4.90 Å². The van der Waals surface area contributed by atoms with Gasteiger partial charge in [0.1, 0.15) is 0 Å². The first-order valence-corrected chi connectivity index (χ1v) is 7.06. The van der Waals surface area contributed by atoms with Gasteiger partial charge in [0.2, 0.25) is 0 Å². The number of benzene rings is 1. The van der Waals surface area contributed by atoms with E-state index in [1.165, 1.54) is 24.2 Å². The van der Waals surface area contributed by atoms with Gasteiger partial charge >= 0.3 is 0 Å². The van der Waals surface area contributed by atoms with E-state index in [4.69, 9.17) is 5.73 Å². The van der Waals surface area contributed by atoms with Crippen molar-refractivity contribution in [1.29, 1.82) is 0 Å². The molecule has 2 rings (SSSR count). The molecule has 1 heterocycles. The third-order valence-corrected chi connectivity index (χ3v) is 4.41. The number of aryl methyl sites for hydroxylation is 1.